The number of aliphatic carboxylic acids is 1. The molecule has 1 heterocycles. The Morgan fingerprint density at radius 1 is 1.11 bits per heavy atom. The zero-order valence-corrected chi connectivity index (χ0v) is 16.7. The fourth-order valence-electron chi connectivity index (χ4n) is 2.86. The number of amides is 1. The van der Waals surface area contributed by atoms with Crippen LogP contribution in [0, 0.1) is 13.8 Å². The van der Waals surface area contributed by atoms with Crippen LogP contribution in [0.15, 0.2) is 42.5 Å². The molecule has 6 nitrogen and oxygen atoms in total. The van der Waals surface area contributed by atoms with E-state index in [9.17, 15) is 9.59 Å². The van der Waals surface area contributed by atoms with Crippen LogP contribution in [0.3, 0.4) is 0 Å². The van der Waals surface area contributed by atoms with Crippen LogP contribution in [0.4, 0.5) is 0 Å². The molecule has 0 saturated carbocycles. The fourth-order valence-corrected chi connectivity index (χ4v) is 3.30. The monoisotopic (exact) mass is 417 g/mol. The second kappa shape index (κ2) is 8.04. The molecule has 0 aliphatic carbocycles. The third-order valence-corrected chi connectivity index (χ3v) is 4.74. The van der Waals surface area contributed by atoms with Gasteiger partial charge in [0, 0.05) is 16.1 Å². The molecule has 144 valence electrons. The molecule has 2 N–H and O–H groups in total. The van der Waals surface area contributed by atoms with E-state index in [1.807, 2.05) is 37.3 Å². The first-order valence-corrected chi connectivity index (χ1v) is 9.15. The number of rotatable bonds is 5. The minimum atomic E-state index is -1.13. The molecule has 2 aromatic carbocycles. The fraction of sp³-hybridized carbons (Fsp3) is 0.150. The van der Waals surface area contributed by atoms with E-state index in [2.05, 4.69) is 10.4 Å². The van der Waals surface area contributed by atoms with Gasteiger partial charge < -0.3 is 10.4 Å². The van der Waals surface area contributed by atoms with Crippen molar-refractivity contribution in [2.24, 2.45) is 0 Å². The van der Waals surface area contributed by atoms with Gasteiger partial charge in [-0.2, -0.15) is 5.10 Å². The number of carbonyl (C=O) groups excluding carboxylic acids is 1. The van der Waals surface area contributed by atoms with Crippen molar-refractivity contribution >= 4 is 35.1 Å². The molecule has 0 fully saturated rings. The molecule has 1 amide bonds. The molecule has 28 heavy (non-hydrogen) atoms. The maximum Gasteiger partial charge on any atom is 0.322 e. The minimum Gasteiger partial charge on any atom is -0.480 e. The second-order valence-electron chi connectivity index (χ2n) is 6.27. The molecule has 0 unspecified atom stereocenters. The number of carboxylic acid groups (broad SMARTS) is 1. The number of aromatic nitrogens is 2. The third-order valence-electron chi connectivity index (χ3n) is 4.19. The van der Waals surface area contributed by atoms with E-state index in [0.717, 1.165) is 11.1 Å². The standard InChI is InChI=1S/C20H17Cl2N3O3/c1-11-3-8-16(15(22)9-11)25-19(13-4-6-14(21)7-5-13)12(2)18(24-25)20(28)23-10-17(26)27/h3-9H,10H2,1-2H3,(H,23,28)(H,26,27). The van der Waals surface area contributed by atoms with Crippen LogP contribution < -0.4 is 5.32 Å². The van der Waals surface area contributed by atoms with Gasteiger partial charge in [0.1, 0.15) is 6.54 Å². The molecular formula is C20H17Cl2N3O3. The highest BCUT2D eigenvalue weighted by atomic mass is 35.5. The normalized spacial score (nSPS) is 10.7. The van der Waals surface area contributed by atoms with Crippen molar-refractivity contribution < 1.29 is 14.7 Å². The van der Waals surface area contributed by atoms with Gasteiger partial charge in [-0.25, -0.2) is 4.68 Å². The van der Waals surface area contributed by atoms with Crippen molar-refractivity contribution in [1.29, 1.82) is 0 Å². The Balaban J connectivity index is 2.18. The van der Waals surface area contributed by atoms with Gasteiger partial charge in [0.25, 0.3) is 5.91 Å². The molecule has 0 aliphatic heterocycles. The molecule has 0 atom stereocenters. The Labute approximate surface area is 171 Å². The molecule has 0 saturated heterocycles. The highest BCUT2D eigenvalue weighted by Gasteiger charge is 2.23. The summed E-state index contributed by atoms with van der Waals surface area (Å²) >= 11 is 12.4. The van der Waals surface area contributed by atoms with Gasteiger partial charge >= 0.3 is 5.97 Å². The van der Waals surface area contributed by atoms with Gasteiger partial charge in [-0.1, -0.05) is 41.4 Å². The summed E-state index contributed by atoms with van der Waals surface area (Å²) in [6, 6.07) is 12.7. The van der Waals surface area contributed by atoms with Crippen molar-refractivity contribution in [3.05, 3.63) is 69.3 Å². The number of nitrogens with zero attached hydrogens (tertiary/aromatic N) is 2. The topological polar surface area (TPSA) is 84.2 Å². The molecular weight excluding hydrogens is 401 g/mol. The zero-order valence-electron chi connectivity index (χ0n) is 15.2. The first-order chi connectivity index (χ1) is 13.3. The van der Waals surface area contributed by atoms with Gasteiger partial charge in [-0.3, -0.25) is 9.59 Å². The average Bonchev–Trinajstić information content (AvgIpc) is 2.97. The van der Waals surface area contributed by atoms with Gasteiger partial charge in [0.15, 0.2) is 5.69 Å². The van der Waals surface area contributed by atoms with Gasteiger partial charge in [0.2, 0.25) is 0 Å². The number of benzene rings is 2. The lowest BCUT2D eigenvalue weighted by atomic mass is 10.1. The third kappa shape index (κ3) is 4.03. The van der Waals surface area contributed by atoms with Gasteiger partial charge in [-0.15, -0.1) is 0 Å². The number of carbonyl (C=O) groups is 2. The number of halogens is 2. The van der Waals surface area contributed by atoms with E-state index < -0.39 is 18.4 Å². The van der Waals surface area contributed by atoms with Crippen LogP contribution in [0.5, 0.6) is 0 Å². The van der Waals surface area contributed by atoms with Gasteiger partial charge in [0.05, 0.1) is 16.4 Å². The van der Waals surface area contributed by atoms with Crippen molar-refractivity contribution in [2.45, 2.75) is 13.8 Å². The molecule has 3 rings (SSSR count). The number of nitrogens with one attached hydrogen (secondary N) is 1. The molecule has 8 heteroatoms. The molecule has 0 radical (unpaired) electrons. The van der Waals surface area contributed by atoms with Crippen molar-refractivity contribution in [2.75, 3.05) is 6.54 Å². The molecule has 0 bridgehead atoms. The first kappa shape index (κ1) is 19.9. The van der Waals surface area contributed by atoms with E-state index in [1.165, 1.54) is 0 Å². The molecule has 3 aromatic rings. The highest BCUT2D eigenvalue weighted by Crippen LogP contribution is 2.32. The van der Waals surface area contributed by atoms with Gasteiger partial charge in [-0.05, 0) is 43.7 Å². The predicted octanol–water partition coefficient (Wildman–Crippen LogP) is 4.28. The van der Waals surface area contributed by atoms with E-state index in [-0.39, 0.29) is 5.69 Å². The Morgan fingerprint density at radius 2 is 1.79 bits per heavy atom. The highest BCUT2D eigenvalue weighted by molar-refractivity contribution is 6.32. The SMILES string of the molecule is Cc1ccc(-n2nc(C(=O)NCC(=O)O)c(C)c2-c2ccc(Cl)cc2)c(Cl)c1. The Hall–Kier alpha value is -2.83. The zero-order chi connectivity index (χ0) is 20.4. The summed E-state index contributed by atoms with van der Waals surface area (Å²) in [7, 11) is 0. The van der Waals surface area contributed by atoms with Crippen LogP contribution in [0.2, 0.25) is 10.0 Å². The summed E-state index contributed by atoms with van der Waals surface area (Å²) in [5.74, 6) is -1.71. The summed E-state index contributed by atoms with van der Waals surface area (Å²) < 4.78 is 1.59. The van der Waals surface area contributed by atoms with Crippen LogP contribution in [0.1, 0.15) is 21.6 Å². The van der Waals surface area contributed by atoms with E-state index in [1.54, 1.807) is 23.7 Å². The van der Waals surface area contributed by atoms with E-state index >= 15 is 0 Å². The largest absolute Gasteiger partial charge is 0.480 e. The number of hydrogen-bond donors (Lipinski definition) is 2. The lowest BCUT2D eigenvalue weighted by Crippen LogP contribution is -2.30. The first-order valence-electron chi connectivity index (χ1n) is 8.40. The average molecular weight is 418 g/mol. The number of aryl methyl sites for hydroxylation is 1. The summed E-state index contributed by atoms with van der Waals surface area (Å²) in [5, 5.41) is 16.7. The van der Waals surface area contributed by atoms with Crippen molar-refractivity contribution in [3.8, 4) is 16.9 Å². The second-order valence-corrected chi connectivity index (χ2v) is 7.12. The number of hydrogen-bond acceptors (Lipinski definition) is 3. The van der Waals surface area contributed by atoms with Crippen LogP contribution >= 0.6 is 23.2 Å². The van der Waals surface area contributed by atoms with E-state index in [4.69, 9.17) is 28.3 Å². The lowest BCUT2D eigenvalue weighted by molar-refractivity contribution is -0.135. The summed E-state index contributed by atoms with van der Waals surface area (Å²) in [5.41, 5.74) is 3.79. The molecule has 0 aliphatic rings. The Kier molecular flexibility index (Phi) is 5.72. The smallest absolute Gasteiger partial charge is 0.322 e. The van der Waals surface area contributed by atoms with Crippen LogP contribution in [-0.2, 0) is 4.79 Å². The Bertz CT molecular complexity index is 1060. The summed E-state index contributed by atoms with van der Waals surface area (Å²) in [6.45, 7) is 3.19. The van der Waals surface area contributed by atoms with Crippen molar-refractivity contribution in [1.82, 2.24) is 15.1 Å². The maximum atomic E-state index is 12.5. The summed E-state index contributed by atoms with van der Waals surface area (Å²) in [4.78, 5) is 23.3. The Morgan fingerprint density at radius 3 is 2.39 bits per heavy atom. The lowest BCUT2D eigenvalue weighted by Gasteiger charge is -2.11. The summed E-state index contributed by atoms with van der Waals surface area (Å²) in [6.07, 6.45) is 0. The van der Waals surface area contributed by atoms with Crippen LogP contribution in [-0.4, -0.2) is 33.3 Å². The quantitative estimate of drug-likeness (QED) is 0.648. The van der Waals surface area contributed by atoms with E-state index in [0.29, 0.717) is 27.0 Å². The maximum absolute atomic E-state index is 12.5. The predicted molar refractivity (Wildman–Crippen MR) is 108 cm³/mol. The molecule has 0 spiro atoms. The number of carboxylic acids is 1. The van der Waals surface area contributed by atoms with Crippen molar-refractivity contribution in [3.63, 3.8) is 0 Å². The minimum absolute atomic E-state index is 0.128. The van der Waals surface area contributed by atoms with Crippen LogP contribution in [0.25, 0.3) is 16.9 Å². The molecule has 1 aromatic heterocycles.